The van der Waals surface area contributed by atoms with Gasteiger partial charge in [0.25, 0.3) is 0 Å². The van der Waals surface area contributed by atoms with Crippen molar-refractivity contribution < 1.29 is 13.9 Å². The summed E-state index contributed by atoms with van der Waals surface area (Å²) in [5.41, 5.74) is 4.42. The summed E-state index contributed by atoms with van der Waals surface area (Å²) in [5, 5.41) is 3.87. The molecule has 0 bridgehead atoms. The highest BCUT2D eigenvalue weighted by Crippen LogP contribution is 2.53. The average Bonchev–Trinajstić information content (AvgIpc) is 3.57. The summed E-state index contributed by atoms with van der Waals surface area (Å²) in [4.78, 5) is 22.0. The number of pyridine rings is 1. The van der Waals surface area contributed by atoms with E-state index in [1.165, 1.54) is 23.0 Å². The first kappa shape index (κ1) is 23.6. The third-order valence-corrected chi connectivity index (χ3v) is 7.63. The molecule has 0 amide bonds. The number of nitrogens with one attached hydrogen (secondary N) is 1. The molecule has 5 rings (SSSR count). The van der Waals surface area contributed by atoms with Gasteiger partial charge in [-0.15, -0.1) is 0 Å². The second-order valence-electron chi connectivity index (χ2n) is 8.96. The monoisotopic (exact) mass is 489 g/mol. The van der Waals surface area contributed by atoms with Gasteiger partial charge in [0, 0.05) is 23.6 Å². The predicted octanol–water partition coefficient (Wildman–Crippen LogP) is 6.18. The fraction of sp³-hybridized carbons (Fsp3) is 0.321. The molecule has 2 aromatic carbocycles. The van der Waals surface area contributed by atoms with Crippen LogP contribution >= 0.6 is 11.3 Å². The van der Waals surface area contributed by atoms with Gasteiger partial charge in [-0.25, -0.2) is 14.4 Å². The molecule has 1 fully saturated rings. The number of hydrogen-bond donors (Lipinski definition) is 1. The van der Waals surface area contributed by atoms with E-state index in [-0.39, 0.29) is 29.7 Å². The molecule has 7 heteroatoms. The van der Waals surface area contributed by atoms with Crippen LogP contribution in [0.2, 0.25) is 0 Å². The fourth-order valence-corrected chi connectivity index (χ4v) is 5.45. The Morgan fingerprint density at radius 3 is 2.66 bits per heavy atom. The van der Waals surface area contributed by atoms with E-state index in [2.05, 4.69) is 40.6 Å². The maximum absolute atomic E-state index is 15.1. The second-order valence-corrected chi connectivity index (χ2v) is 9.94. The third-order valence-electron chi connectivity index (χ3n) is 6.63. The van der Waals surface area contributed by atoms with Crippen molar-refractivity contribution in [2.24, 2.45) is 0 Å². The van der Waals surface area contributed by atoms with E-state index in [0.717, 1.165) is 34.4 Å². The van der Waals surface area contributed by atoms with E-state index in [4.69, 9.17) is 9.72 Å². The van der Waals surface area contributed by atoms with Gasteiger partial charge in [0.1, 0.15) is 21.2 Å². The minimum absolute atomic E-state index is 0.0110. The Labute approximate surface area is 208 Å². The van der Waals surface area contributed by atoms with Gasteiger partial charge in [-0.3, -0.25) is 4.79 Å². The van der Waals surface area contributed by atoms with Crippen molar-refractivity contribution in [3.05, 3.63) is 83.3 Å². The lowest BCUT2D eigenvalue weighted by molar-refractivity contribution is -0.143. The van der Waals surface area contributed by atoms with Crippen LogP contribution in [0, 0.1) is 5.82 Å². The SMILES string of the molecule is CCOC(=O)CCNC(C)c1ccc(-c2nc3ccc(C4(c5ccccc5)CC4)nc3s2)c(F)c1. The molecule has 1 atom stereocenters. The Kier molecular flexibility index (Phi) is 6.62. The van der Waals surface area contributed by atoms with E-state index in [0.29, 0.717) is 23.7 Å². The number of carbonyl (C=O) groups excluding carboxylic acids is 1. The number of halogens is 1. The van der Waals surface area contributed by atoms with Gasteiger partial charge in [-0.1, -0.05) is 47.7 Å². The highest BCUT2D eigenvalue weighted by atomic mass is 32.1. The number of ether oxygens (including phenoxy) is 1. The van der Waals surface area contributed by atoms with Gasteiger partial charge in [-0.05, 0) is 62.1 Å². The molecule has 5 nitrogen and oxygen atoms in total. The molecule has 1 saturated carbocycles. The van der Waals surface area contributed by atoms with Crippen LogP contribution in [-0.2, 0) is 14.9 Å². The van der Waals surface area contributed by atoms with Crippen LogP contribution in [0.3, 0.4) is 0 Å². The van der Waals surface area contributed by atoms with Crippen molar-refractivity contribution in [3.63, 3.8) is 0 Å². The summed E-state index contributed by atoms with van der Waals surface area (Å²) >= 11 is 1.42. The molecule has 1 aliphatic rings. The number of nitrogens with zero attached hydrogens (tertiary/aromatic N) is 2. The van der Waals surface area contributed by atoms with E-state index in [1.54, 1.807) is 13.0 Å². The van der Waals surface area contributed by atoms with E-state index >= 15 is 4.39 Å². The first-order valence-corrected chi connectivity index (χ1v) is 12.8. The molecule has 2 aromatic heterocycles. The molecule has 1 unspecified atom stereocenters. The Balaban J connectivity index is 1.34. The fourth-order valence-electron chi connectivity index (χ4n) is 4.49. The number of hydrogen-bond acceptors (Lipinski definition) is 6. The van der Waals surface area contributed by atoms with E-state index in [1.807, 2.05) is 25.1 Å². The third kappa shape index (κ3) is 4.83. The van der Waals surface area contributed by atoms with Crippen LogP contribution in [0.15, 0.2) is 60.7 Å². The molecule has 0 aliphatic heterocycles. The lowest BCUT2D eigenvalue weighted by atomic mass is 9.92. The Bertz CT molecular complexity index is 1350. The van der Waals surface area contributed by atoms with Gasteiger partial charge >= 0.3 is 5.97 Å². The number of benzene rings is 2. The van der Waals surface area contributed by atoms with E-state index in [9.17, 15) is 4.79 Å². The quantitative estimate of drug-likeness (QED) is 0.284. The number of rotatable bonds is 9. The molecule has 0 radical (unpaired) electrons. The number of carbonyl (C=O) groups is 1. The van der Waals surface area contributed by atoms with Crippen LogP contribution in [0.4, 0.5) is 4.39 Å². The van der Waals surface area contributed by atoms with Gasteiger partial charge in [-0.2, -0.15) is 0 Å². The van der Waals surface area contributed by atoms with Crippen LogP contribution in [0.1, 0.15) is 56.0 Å². The molecule has 1 N–H and O–H groups in total. The lowest BCUT2D eigenvalue weighted by Gasteiger charge is -2.15. The van der Waals surface area contributed by atoms with Crippen molar-refractivity contribution in [1.29, 1.82) is 0 Å². The molecule has 35 heavy (non-hydrogen) atoms. The van der Waals surface area contributed by atoms with Gasteiger partial charge in [0.05, 0.1) is 18.7 Å². The smallest absolute Gasteiger partial charge is 0.307 e. The first-order valence-electron chi connectivity index (χ1n) is 12.0. The van der Waals surface area contributed by atoms with Crippen LogP contribution in [0.25, 0.3) is 20.9 Å². The van der Waals surface area contributed by atoms with Crippen molar-refractivity contribution in [1.82, 2.24) is 15.3 Å². The maximum atomic E-state index is 15.1. The number of esters is 1. The Morgan fingerprint density at radius 1 is 1.14 bits per heavy atom. The van der Waals surface area contributed by atoms with Crippen molar-refractivity contribution in [2.75, 3.05) is 13.2 Å². The standard InChI is InChI=1S/C28H28FN3O2S/c1-3-34-25(33)13-16-30-18(2)19-9-10-21(22(29)17-19)26-31-23-11-12-24(32-27(23)35-26)28(14-15-28)20-7-5-4-6-8-20/h4-12,17-18,30H,3,13-16H2,1-2H3. The summed E-state index contributed by atoms with van der Waals surface area (Å²) < 4.78 is 20.1. The molecule has 1 aliphatic carbocycles. The van der Waals surface area contributed by atoms with Gasteiger partial charge in [0.2, 0.25) is 0 Å². The van der Waals surface area contributed by atoms with Crippen LogP contribution in [-0.4, -0.2) is 29.1 Å². The summed E-state index contributed by atoms with van der Waals surface area (Å²) in [6.45, 7) is 4.58. The molecule has 0 saturated heterocycles. The summed E-state index contributed by atoms with van der Waals surface area (Å²) in [6.07, 6.45) is 2.46. The summed E-state index contributed by atoms with van der Waals surface area (Å²) in [6, 6.07) is 19.7. The minimum atomic E-state index is -0.316. The molecular weight excluding hydrogens is 461 g/mol. The maximum Gasteiger partial charge on any atom is 0.307 e. The average molecular weight is 490 g/mol. The topological polar surface area (TPSA) is 64.1 Å². The summed E-state index contributed by atoms with van der Waals surface area (Å²) in [7, 11) is 0. The van der Waals surface area contributed by atoms with Crippen molar-refractivity contribution in [3.8, 4) is 10.6 Å². The zero-order valence-electron chi connectivity index (χ0n) is 19.9. The molecule has 180 valence electrons. The molecule has 2 heterocycles. The zero-order valence-corrected chi connectivity index (χ0v) is 20.7. The second kappa shape index (κ2) is 9.84. The largest absolute Gasteiger partial charge is 0.466 e. The van der Waals surface area contributed by atoms with Crippen LogP contribution < -0.4 is 5.32 Å². The highest BCUT2D eigenvalue weighted by Gasteiger charge is 2.47. The summed E-state index contributed by atoms with van der Waals surface area (Å²) in [5.74, 6) is -0.554. The number of aromatic nitrogens is 2. The molecular formula is C28H28FN3O2S. The zero-order chi connectivity index (χ0) is 24.4. The van der Waals surface area contributed by atoms with Crippen LogP contribution in [0.5, 0.6) is 0 Å². The Hall–Kier alpha value is -3.16. The Morgan fingerprint density at radius 2 is 1.94 bits per heavy atom. The van der Waals surface area contributed by atoms with Crippen molar-refractivity contribution >= 4 is 27.7 Å². The number of fused-ring (bicyclic) bond motifs is 1. The molecule has 0 spiro atoms. The van der Waals surface area contributed by atoms with Crippen molar-refractivity contribution in [2.45, 2.75) is 44.6 Å². The predicted molar refractivity (Wildman–Crippen MR) is 137 cm³/mol. The molecule has 4 aromatic rings. The normalized spacial score (nSPS) is 15.2. The van der Waals surface area contributed by atoms with Gasteiger partial charge in [0.15, 0.2) is 0 Å². The number of thiazole rings is 1. The van der Waals surface area contributed by atoms with E-state index < -0.39 is 0 Å². The first-order chi connectivity index (χ1) is 17.0. The lowest BCUT2D eigenvalue weighted by Crippen LogP contribution is -2.22. The van der Waals surface area contributed by atoms with Gasteiger partial charge < -0.3 is 10.1 Å². The highest BCUT2D eigenvalue weighted by molar-refractivity contribution is 7.21. The minimum Gasteiger partial charge on any atom is -0.466 e.